The van der Waals surface area contributed by atoms with Gasteiger partial charge >= 0.3 is 0 Å². The van der Waals surface area contributed by atoms with Crippen LogP contribution in [0.5, 0.6) is 0 Å². The summed E-state index contributed by atoms with van der Waals surface area (Å²) in [6, 6.07) is 13.7. The highest BCUT2D eigenvalue weighted by molar-refractivity contribution is 7.19. The minimum atomic E-state index is 0.673. The summed E-state index contributed by atoms with van der Waals surface area (Å²) < 4.78 is 7.60. The number of benzene rings is 1. The number of fused-ring (bicyclic) bond motifs is 2. The molecule has 6 nitrogen and oxygen atoms in total. The highest BCUT2D eigenvalue weighted by Gasteiger charge is 2.16. The Morgan fingerprint density at radius 3 is 2.87 bits per heavy atom. The van der Waals surface area contributed by atoms with Crippen molar-refractivity contribution in [3.63, 3.8) is 0 Å². The molecule has 0 atom stereocenters. The van der Waals surface area contributed by atoms with Crippen molar-refractivity contribution >= 4 is 27.3 Å². The lowest BCUT2D eigenvalue weighted by molar-refractivity contribution is 0.629. The summed E-state index contributed by atoms with van der Waals surface area (Å²) in [6.07, 6.45) is 3.47. The van der Waals surface area contributed by atoms with E-state index in [1.807, 2.05) is 42.5 Å². The molecule has 7 heteroatoms. The molecular formula is C16H9N5OS. The number of rotatable bonds is 2. The molecule has 5 aromatic rings. The predicted molar refractivity (Wildman–Crippen MR) is 87.1 cm³/mol. The lowest BCUT2D eigenvalue weighted by Gasteiger charge is -1.94. The van der Waals surface area contributed by atoms with E-state index in [1.54, 1.807) is 16.9 Å². The van der Waals surface area contributed by atoms with Gasteiger partial charge in [0.25, 0.3) is 0 Å². The zero-order valence-electron chi connectivity index (χ0n) is 11.7. The molecule has 1 aromatic carbocycles. The molecule has 0 fully saturated rings. The highest BCUT2D eigenvalue weighted by Crippen LogP contribution is 2.31. The van der Waals surface area contributed by atoms with Crippen LogP contribution in [0.2, 0.25) is 0 Å². The monoisotopic (exact) mass is 319 g/mol. The van der Waals surface area contributed by atoms with Crippen LogP contribution in [-0.4, -0.2) is 24.8 Å². The largest absolute Gasteiger partial charge is 0.453 e. The Bertz CT molecular complexity index is 1090. The SMILES string of the molecule is c1cncc(-c2nnc3sc(-c4cc5ccccc5o4)nn23)c1. The third-order valence-corrected chi connectivity index (χ3v) is 4.46. The number of furan rings is 1. The van der Waals surface area contributed by atoms with Crippen LogP contribution in [0.25, 0.3) is 38.1 Å². The van der Waals surface area contributed by atoms with Crippen molar-refractivity contribution in [2.45, 2.75) is 0 Å². The van der Waals surface area contributed by atoms with Crippen molar-refractivity contribution in [2.24, 2.45) is 0 Å². The average molecular weight is 319 g/mol. The molecule has 0 amide bonds. The van der Waals surface area contributed by atoms with Gasteiger partial charge in [-0.1, -0.05) is 29.5 Å². The zero-order valence-corrected chi connectivity index (χ0v) is 12.6. The minimum absolute atomic E-state index is 0.673. The fourth-order valence-corrected chi connectivity index (χ4v) is 3.27. The van der Waals surface area contributed by atoms with Crippen molar-refractivity contribution < 1.29 is 4.42 Å². The fourth-order valence-electron chi connectivity index (χ4n) is 2.48. The topological polar surface area (TPSA) is 69.1 Å². The molecule has 0 saturated heterocycles. The third-order valence-electron chi connectivity index (χ3n) is 3.55. The van der Waals surface area contributed by atoms with Gasteiger partial charge in [0.2, 0.25) is 4.96 Å². The molecule has 0 spiro atoms. The van der Waals surface area contributed by atoms with Crippen LogP contribution in [0, 0.1) is 0 Å². The quantitative estimate of drug-likeness (QED) is 0.496. The number of hydrogen-bond donors (Lipinski definition) is 0. The Labute approximate surface area is 134 Å². The van der Waals surface area contributed by atoms with Crippen LogP contribution < -0.4 is 0 Å². The molecule has 0 radical (unpaired) electrons. The molecule has 23 heavy (non-hydrogen) atoms. The Hall–Kier alpha value is -3.06. The maximum absolute atomic E-state index is 5.87. The zero-order chi connectivity index (χ0) is 15.2. The first-order valence-electron chi connectivity index (χ1n) is 7.00. The van der Waals surface area contributed by atoms with Crippen LogP contribution in [0.15, 0.2) is 59.3 Å². The Kier molecular flexibility index (Phi) is 2.56. The van der Waals surface area contributed by atoms with Gasteiger partial charge in [-0.3, -0.25) is 4.98 Å². The standard InChI is InChI=1S/C16H9N5OS/c1-2-6-12-10(4-1)8-13(22-12)15-20-21-14(18-19-16(21)23-15)11-5-3-7-17-9-11/h1-9H. The van der Waals surface area contributed by atoms with Gasteiger partial charge < -0.3 is 4.42 Å². The number of pyridine rings is 1. The first-order valence-corrected chi connectivity index (χ1v) is 7.82. The molecule has 0 aliphatic carbocycles. The van der Waals surface area contributed by atoms with Crippen molar-refractivity contribution in [2.75, 3.05) is 0 Å². The van der Waals surface area contributed by atoms with E-state index < -0.39 is 0 Å². The van der Waals surface area contributed by atoms with Gasteiger partial charge in [0.05, 0.1) is 0 Å². The van der Waals surface area contributed by atoms with Gasteiger partial charge in [0.1, 0.15) is 5.58 Å². The van der Waals surface area contributed by atoms with E-state index in [4.69, 9.17) is 4.42 Å². The maximum Gasteiger partial charge on any atom is 0.235 e. The number of aromatic nitrogens is 5. The molecule has 0 aliphatic rings. The third kappa shape index (κ3) is 1.94. The van der Waals surface area contributed by atoms with E-state index in [-0.39, 0.29) is 0 Å². The fraction of sp³-hybridized carbons (Fsp3) is 0. The molecule has 4 aromatic heterocycles. The van der Waals surface area contributed by atoms with Crippen molar-refractivity contribution in [3.8, 4) is 22.2 Å². The van der Waals surface area contributed by atoms with Crippen molar-refractivity contribution in [3.05, 3.63) is 54.9 Å². The second-order valence-electron chi connectivity index (χ2n) is 5.02. The van der Waals surface area contributed by atoms with Gasteiger partial charge in [-0.15, -0.1) is 15.3 Å². The van der Waals surface area contributed by atoms with E-state index in [0.29, 0.717) is 5.82 Å². The van der Waals surface area contributed by atoms with Crippen LogP contribution in [-0.2, 0) is 0 Å². The number of hydrogen-bond acceptors (Lipinski definition) is 6. The summed E-state index contributed by atoms with van der Waals surface area (Å²) in [5.41, 5.74) is 1.72. The van der Waals surface area contributed by atoms with E-state index in [0.717, 1.165) is 32.3 Å². The van der Waals surface area contributed by atoms with Crippen LogP contribution in [0.4, 0.5) is 0 Å². The molecule has 0 aliphatic heterocycles. The normalized spacial score (nSPS) is 11.5. The van der Waals surface area contributed by atoms with Crippen LogP contribution in [0.3, 0.4) is 0 Å². The summed E-state index contributed by atoms with van der Waals surface area (Å²) in [5.74, 6) is 1.41. The summed E-state index contributed by atoms with van der Waals surface area (Å²) in [7, 11) is 0. The molecule has 5 rings (SSSR count). The Morgan fingerprint density at radius 1 is 1.04 bits per heavy atom. The first kappa shape index (κ1) is 12.5. The van der Waals surface area contributed by atoms with E-state index in [9.17, 15) is 0 Å². The first-order chi connectivity index (χ1) is 11.4. The van der Waals surface area contributed by atoms with E-state index >= 15 is 0 Å². The predicted octanol–water partition coefficient (Wildman–Crippen LogP) is 3.66. The molecule has 110 valence electrons. The minimum Gasteiger partial charge on any atom is -0.453 e. The second kappa shape index (κ2) is 4.72. The van der Waals surface area contributed by atoms with Gasteiger partial charge in [0, 0.05) is 23.3 Å². The van der Waals surface area contributed by atoms with E-state index in [1.165, 1.54) is 11.3 Å². The smallest absolute Gasteiger partial charge is 0.235 e. The molecule has 0 N–H and O–H groups in total. The van der Waals surface area contributed by atoms with Gasteiger partial charge in [-0.2, -0.15) is 4.52 Å². The maximum atomic E-state index is 5.87. The molecule has 0 unspecified atom stereocenters. The molecular weight excluding hydrogens is 310 g/mol. The van der Waals surface area contributed by atoms with Crippen molar-refractivity contribution in [1.82, 2.24) is 24.8 Å². The summed E-state index contributed by atoms with van der Waals surface area (Å²) in [5, 5.41) is 14.8. The second-order valence-corrected chi connectivity index (χ2v) is 5.97. The molecule has 4 heterocycles. The summed E-state index contributed by atoms with van der Waals surface area (Å²) in [6.45, 7) is 0. The number of para-hydroxylation sites is 1. The lowest BCUT2D eigenvalue weighted by Crippen LogP contribution is -1.90. The average Bonchev–Trinajstić information content (AvgIpc) is 3.28. The Morgan fingerprint density at radius 2 is 2.00 bits per heavy atom. The summed E-state index contributed by atoms with van der Waals surface area (Å²) in [4.78, 5) is 4.84. The molecule has 0 bridgehead atoms. The van der Waals surface area contributed by atoms with Gasteiger partial charge in [-0.05, 0) is 24.3 Å². The van der Waals surface area contributed by atoms with Gasteiger partial charge in [-0.25, -0.2) is 0 Å². The Balaban J connectivity index is 1.67. The summed E-state index contributed by atoms with van der Waals surface area (Å²) >= 11 is 1.45. The van der Waals surface area contributed by atoms with Crippen molar-refractivity contribution in [1.29, 1.82) is 0 Å². The van der Waals surface area contributed by atoms with Crippen LogP contribution in [0.1, 0.15) is 0 Å². The highest BCUT2D eigenvalue weighted by atomic mass is 32.1. The molecule has 0 saturated carbocycles. The van der Waals surface area contributed by atoms with Gasteiger partial charge in [0.15, 0.2) is 16.6 Å². The van der Waals surface area contributed by atoms with Crippen LogP contribution >= 0.6 is 11.3 Å². The number of nitrogens with zero attached hydrogens (tertiary/aromatic N) is 5. The van der Waals surface area contributed by atoms with E-state index in [2.05, 4.69) is 20.3 Å². The lowest BCUT2D eigenvalue weighted by atomic mass is 10.2.